The molecule has 0 aromatic heterocycles. The Morgan fingerprint density at radius 2 is 1.39 bits per heavy atom. The molecular weight excluding hydrogens is 467 g/mol. The summed E-state index contributed by atoms with van der Waals surface area (Å²) in [5, 5.41) is 3.33. The Labute approximate surface area is 216 Å². The molecule has 3 aromatic rings. The summed E-state index contributed by atoms with van der Waals surface area (Å²) >= 11 is 0. The van der Waals surface area contributed by atoms with Crippen molar-refractivity contribution in [3.8, 4) is 0 Å². The summed E-state index contributed by atoms with van der Waals surface area (Å²) in [6.07, 6.45) is 3.56. The molecule has 0 N–H and O–H groups in total. The highest BCUT2D eigenvalue weighted by atomic mass is 31.1. The van der Waals surface area contributed by atoms with Gasteiger partial charge in [0.1, 0.15) is 6.10 Å². The van der Waals surface area contributed by atoms with E-state index < -0.39 is 7.92 Å². The maximum absolute atomic E-state index is 13.6. The molecule has 0 saturated carbocycles. The van der Waals surface area contributed by atoms with Crippen LogP contribution in [0.2, 0.25) is 0 Å². The van der Waals surface area contributed by atoms with Crippen LogP contribution in [-0.4, -0.2) is 24.6 Å². The minimum Gasteiger partial charge on any atom is -0.463 e. The van der Waals surface area contributed by atoms with Crippen LogP contribution in [0.1, 0.15) is 44.5 Å². The Morgan fingerprint density at radius 1 is 0.833 bits per heavy atom. The van der Waals surface area contributed by atoms with E-state index in [2.05, 4.69) is 38.1 Å². The van der Waals surface area contributed by atoms with Crippen LogP contribution in [-0.2, 0) is 14.3 Å². The summed E-state index contributed by atoms with van der Waals surface area (Å²) in [5.41, 5.74) is 0.594. The van der Waals surface area contributed by atoms with Crippen LogP contribution in [0.25, 0.3) is 0 Å². The summed E-state index contributed by atoms with van der Waals surface area (Å²) in [7, 11) is -0.939. The van der Waals surface area contributed by atoms with Crippen molar-refractivity contribution >= 4 is 35.8 Å². The number of esters is 2. The summed E-state index contributed by atoms with van der Waals surface area (Å²) in [6, 6.07) is 28.4. The molecule has 36 heavy (non-hydrogen) atoms. The lowest BCUT2D eigenvalue weighted by Crippen LogP contribution is -2.32. The van der Waals surface area contributed by atoms with Crippen LogP contribution >= 0.6 is 7.92 Å². The first-order chi connectivity index (χ1) is 17.4. The van der Waals surface area contributed by atoms with Crippen LogP contribution in [0, 0.1) is 11.8 Å². The van der Waals surface area contributed by atoms with E-state index >= 15 is 0 Å². The fraction of sp³-hybridized carbons (Fsp3) is 0.290. The van der Waals surface area contributed by atoms with Crippen molar-refractivity contribution in [1.29, 1.82) is 0 Å². The van der Waals surface area contributed by atoms with Crippen LogP contribution in [0.15, 0.2) is 97.1 Å². The molecule has 0 aliphatic heterocycles. The molecule has 0 fully saturated rings. The van der Waals surface area contributed by atoms with Gasteiger partial charge in [0.25, 0.3) is 0 Å². The minimum absolute atomic E-state index is 0.0385. The van der Waals surface area contributed by atoms with Crippen LogP contribution in [0.3, 0.4) is 0 Å². The van der Waals surface area contributed by atoms with Crippen molar-refractivity contribution in [2.45, 2.75) is 40.2 Å². The molecule has 2 atom stereocenters. The van der Waals surface area contributed by atoms with Crippen molar-refractivity contribution in [2.75, 3.05) is 6.61 Å². The molecule has 3 rings (SSSR count). The minimum atomic E-state index is -0.939. The number of rotatable bonds is 11. The smallest absolute Gasteiger partial charge is 0.339 e. The Bertz CT molecular complexity index is 1100. The first kappa shape index (κ1) is 27.4. The predicted molar refractivity (Wildman–Crippen MR) is 149 cm³/mol. The highest BCUT2D eigenvalue weighted by Crippen LogP contribution is 2.34. The fourth-order valence-electron chi connectivity index (χ4n) is 4.22. The van der Waals surface area contributed by atoms with Gasteiger partial charge in [-0.15, -0.1) is 0 Å². The quantitative estimate of drug-likeness (QED) is 0.190. The van der Waals surface area contributed by atoms with Gasteiger partial charge in [-0.25, -0.2) is 9.59 Å². The van der Waals surface area contributed by atoms with Crippen LogP contribution < -0.4 is 15.9 Å². The van der Waals surface area contributed by atoms with Gasteiger partial charge in [-0.05, 0) is 55.1 Å². The molecule has 5 heteroatoms. The van der Waals surface area contributed by atoms with Gasteiger partial charge >= 0.3 is 11.9 Å². The largest absolute Gasteiger partial charge is 0.463 e. The Morgan fingerprint density at radius 3 is 1.94 bits per heavy atom. The molecule has 0 amide bonds. The molecule has 4 nitrogen and oxygen atoms in total. The van der Waals surface area contributed by atoms with Gasteiger partial charge in [-0.1, -0.05) is 106 Å². The number of hydrogen-bond donors (Lipinski definition) is 0. The normalized spacial score (nSPS) is 13.1. The van der Waals surface area contributed by atoms with Gasteiger partial charge in [0.05, 0.1) is 12.2 Å². The second-order valence-corrected chi connectivity index (χ2v) is 11.2. The van der Waals surface area contributed by atoms with E-state index in [1.54, 1.807) is 13.0 Å². The Kier molecular flexibility index (Phi) is 10.5. The highest BCUT2D eigenvalue weighted by molar-refractivity contribution is 7.80. The van der Waals surface area contributed by atoms with Crippen molar-refractivity contribution in [3.05, 3.63) is 103 Å². The van der Waals surface area contributed by atoms with E-state index in [1.807, 2.05) is 67.6 Å². The molecule has 0 aliphatic rings. The lowest BCUT2D eigenvalue weighted by atomic mass is 9.92. The van der Waals surface area contributed by atoms with Crippen molar-refractivity contribution in [2.24, 2.45) is 11.8 Å². The molecule has 0 radical (unpaired) electrons. The monoisotopic (exact) mass is 502 g/mol. The molecule has 0 bridgehead atoms. The SMILES string of the molecule is CCOC(=O)/C=C/C[C@H](C)[C@@H](OC(=O)c1ccccc1P(c1ccccc1)c1ccccc1)C(C)C. The molecular formula is C31H35O4P. The van der Waals surface area contributed by atoms with Crippen LogP contribution in [0.5, 0.6) is 0 Å². The van der Waals surface area contributed by atoms with E-state index in [4.69, 9.17) is 9.47 Å². The summed E-state index contributed by atoms with van der Waals surface area (Å²) in [4.78, 5) is 25.2. The van der Waals surface area contributed by atoms with Crippen LogP contribution in [0.4, 0.5) is 0 Å². The highest BCUT2D eigenvalue weighted by Gasteiger charge is 2.28. The molecule has 0 heterocycles. The van der Waals surface area contributed by atoms with E-state index in [9.17, 15) is 9.59 Å². The first-order valence-corrected chi connectivity index (χ1v) is 13.8. The average Bonchev–Trinajstić information content (AvgIpc) is 2.89. The average molecular weight is 503 g/mol. The third-order valence-corrected chi connectivity index (χ3v) is 8.40. The van der Waals surface area contributed by atoms with Gasteiger partial charge in [0.15, 0.2) is 0 Å². The Balaban J connectivity index is 1.89. The Hall–Kier alpha value is -3.23. The second-order valence-electron chi connectivity index (χ2n) is 9.01. The number of benzene rings is 3. The van der Waals surface area contributed by atoms with E-state index in [0.29, 0.717) is 18.6 Å². The van der Waals surface area contributed by atoms with Gasteiger partial charge in [-0.2, -0.15) is 0 Å². The lowest BCUT2D eigenvalue weighted by molar-refractivity contribution is -0.137. The maximum atomic E-state index is 13.6. The van der Waals surface area contributed by atoms with Gasteiger partial charge in [0.2, 0.25) is 0 Å². The summed E-state index contributed by atoms with van der Waals surface area (Å²) in [6.45, 7) is 8.27. The molecule has 0 aliphatic carbocycles. The second kappa shape index (κ2) is 13.8. The standard InChI is InChI=1S/C31H35O4P/c1-5-34-29(32)22-14-15-24(4)30(23(2)3)35-31(33)27-20-12-13-21-28(27)36(25-16-8-6-9-17-25)26-18-10-7-11-19-26/h6-14,16-24,30H,5,15H2,1-4H3/b22-14+/t24-,30-/m0/s1. The molecule has 0 spiro atoms. The first-order valence-electron chi connectivity index (χ1n) is 12.5. The number of allylic oxidation sites excluding steroid dienone is 1. The number of ether oxygens (including phenoxy) is 2. The third-order valence-electron chi connectivity index (χ3n) is 5.90. The zero-order valence-corrected chi connectivity index (χ0v) is 22.4. The number of hydrogen-bond acceptors (Lipinski definition) is 4. The van der Waals surface area contributed by atoms with Crippen molar-refractivity contribution in [1.82, 2.24) is 0 Å². The van der Waals surface area contributed by atoms with Crippen molar-refractivity contribution < 1.29 is 19.1 Å². The number of carbonyl (C=O) groups excluding carboxylic acids is 2. The van der Waals surface area contributed by atoms with Gasteiger partial charge in [0, 0.05) is 6.08 Å². The van der Waals surface area contributed by atoms with Gasteiger partial charge < -0.3 is 9.47 Å². The molecule has 188 valence electrons. The fourth-order valence-corrected chi connectivity index (χ4v) is 6.66. The predicted octanol–water partition coefficient (Wildman–Crippen LogP) is 5.77. The summed E-state index contributed by atoms with van der Waals surface area (Å²) in [5.74, 6) is -0.509. The zero-order valence-electron chi connectivity index (χ0n) is 21.5. The third kappa shape index (κ3) is 7.38. The lowest BCUT2D eigenvalue weighted by Gasteiger charge is -2.28. The van der Waals surface area contributed by atoms with Gasteiger partial charge in [-0.3, -0.25) is 0 Å². The van der Waals surface area contributed by atoms with E-state index in [-0.39, 0.29) is 29.9 Å². The maximum Gasteiger partial charge on any atom is 0.339 e. The van der Waals surface area contributed by atoms with Crippen molar-refractivity contribution in [3.63, 3.8) is 0 Å². The number of carbonyl (C=O) groups is 2. The van der Waals surface area contributed by atoms with E-state index in [1.165, 1.54) is 16.7 Å². The molecule has 0 saturated heterocycles. The van der Waals surface area contributed by atoms with E-state index in [0.717, 1.165) is 5.30 Å². The summed E-state index contributed by atoms with van der Waals surface area (Å²) < 4.78 is 11.1. The zero-order chi connectivity index (χ0) is 25.9. The molecule has 0 unspecified atom stereocenters. The molecule has 3 aromatic carbocycles. The topological polar surface area (TPSA) is 52.6 Å².